The smallest absolute Gasteiger partial charge is 0.344 e. The van der Waals surface area contributed by atoms with Crippen molar-refractivity contribution in [3.8, 4) is 51.6 Å². The van der Waals surface area contributed by atoms with Gasteiger partial charge in [0.25, 0.3) is 0 Å². The van der Waals surface area contributed by atoms with Gasteiger partial charge in [0.1, 0.15) is 28.2 Å². The fraction of sp³-hybridized carbons (Fsp3) is 0. The number of phenols is 6. The van der Waals surface area contributed by atoms with Gasteiger partial charge in [-0.2, -0.15) is 0 Å². The molecule has 0 bridgehead atoms. The summed E-state index contributed by atoms with van der Waals surface area (Å²) in [6.45, 7) is 0. The van der Waals surface area contributed by atoms with Gasteiger partial charge in [-0.15, -0.1) is 0 Å². The summed E-state index contributed by atoms with van der Waals surface area (Å²) in [5, 5.41) is 57.7. The topological polar surface area (TPSA) is 178 Å². The van der Waals surface area contributed by atoms with E-state index in [1.807, 2.05) is 0 Å². The van der Waals surface area contributed by atoms with Crippen LogP contribution in [0.25, 0.3) is 22.3 Å². The summed E-state index contributed by atoms with van der Waals surface area (Å²) in [5.74, 6) is -5.61. The molecule has 0 fully saturated rings. The molecule has 162 valence electrons. The predicted octanol–water partition coefficient (Wildman–Crippen LogP) is 2.91. The molecule has 0 amide bonds. The van der Waals surface area contributed by atoms with Crippen LogP contribution in [0.5, 0.6) is 40.2 Å². The zero-order chi connectivity index (χ0) is 23.2. The van der Waals surface area contributed by atoms with Crippen LogP contribution in [0.4, 0.5) is 0 Å². The van der Waals surface area contributed by atoms with Gasteiger partial charge < -0.3 is 39.8 Å². The summed E-state index contributed by atoms with van der Waals surface area (Å²) in [6, 6.07) is 8.95. The van der Waals surface area contributed by atoms with E-state index in [1.54, 1.807) is 0 Å². The van der Waals surface area contributed by atoms with Gasteiger partial charge in [-0.1, -0.05) is 0 Å². The van der Waals surface area contributed by atoms with Gasteiger partial charge in [0.15, 0.2) is 23.0 Å². The molecule has 0 aliphatic rings. The lowest BCUT2D eigenvalue weighted by Crippen LogP contribution is -2.16. The van der Waals surface area contributed by atoms with Gasteiger partial charge in [0.2, 0.25) is 11.2 Å². The summed E-state index contributed by atoms with van der Waals surface area (Å²) in [5.41, 5.74) is -1.34. The van der Waals surface area contributed by atoms with Gasteiger partial charge in [0, 0.05) is 17.7 Å². The Balaban J connectivity index is 1.93. The van der Waals surface area contributed by atoms with E-state index in [0.29, 0.717) is 0 Å². The Bertz CT molecular complexity index is 1410. The van der Waals surface area contributed by atoms with E-state index in [2.05, 4.69) is 0 Å². The van der Waals surface area contributed by atoms with Gasteiger partial charge in [-0.25, -0.2) is 4.79 Å². The van der Waals surface area contributed by atoms with Crippen molar-refractivity contribution in [1.29, 1.82) is 0 Å². The average molecular weight is 438 g/mol. The zero-order valence-electron chi connectivity index (χ0n) is 15.9. The van der Waals surface area contributed by atoms with Crippen LogP contribution in [0.3, 0.4) is 0 Å². The van der Waals surface area contributed by atoms with Gasteiger partial charge in [0.05, 0.1) is 5.56 Å². The minimum atomic E-state index is -1.19. The molecular weight excluding hydrogens is 424 g/mol. The summed E-state index contributed by atoms with van der Waals surface area (Å²) >= 11 is 0. The van der Waals surface area contributed by atoms with Crippen molar-refractivity contribution in [1.82, 2.24) is 0 Å². The lowest BCUT2D eigenvalue weighted by atomic mass is 10.1. The fourth-order valence-corrected chi connectivity index (χ4v) is 3.04. The molecule has 0 saturated carbocycles. The summed E-state index contributed by atoms with van der Waals surface area (Å²) < 4.78 is 10.9. The molecule has 6 N–H and O–H groups in total. The molecular formula is C22H14O10. The highest BCUT2D eigenvalue weighted by Crippen LogP contribution is 2.38. The van der Waals surface area contributed by atoms with Gasteiger partial charge in [-0.3, -0.25) is 4.79 Å². The number of fused-ring (bicyclic) bond motifs is 1. The van der Waals surface area contributed by atoms with Crippen molar-refractivity contribution in [2.24, 2.45) is 0 Å². The molecule has 10 nitrogen and oxygen atoms in total. The second-order valence-electron chi connectivity index (χ2n) is 6.73. The van der Waals surface area contributed by atoms with Gasteiger partial charge >= 0.3 is 5.97 Å². The summed E-state index contributed by atoms with van der Waals surface area (Å²) in [4.78, 5) is 25.8. The van der Waals surface area contributed by atoms with Crippen molar-refractivity contribution < 1.29 is 44.6 Å². The predicted molar refractivity (Wildman–Crippen MR) is 109 cm³/mol. The number of hydrogen-bond donors (Lipinski definition) is 6. The van der Waals surface area contributed by atoms with E-state index in [4.69, 9.17) is 9.15 Å². The van der Waals surface area contributed by atoms with Crippen LogP contribution in [-0.4, -0.2) is 36.6 Å². The van der Waals surface area contributed by atoms with Crippen molar-refractivity contribution in [2.45, 2.75) is 0 Å². The average Bonchev–Trinajstić information content (AvgIpc) is 2.73. The molecule has 10 heteroatoms. The normalized spacial score (nSPS) is 10.9. The number of phenolic OH excluding ortho intramolecular Hbond substituents is 6. The molecule has 1 aromatic heterocycles. The van der Waals surface area contributed by atoms with Crippen LogP contribution in [0.1, 0.15) is 10.4 Å². The molecule has 0 atom stereocenters. The molecule has 4 rings (SSSR count). The van der Waals surface area contributed by atoms with E-state index in [0.717, 1.165) is 24.3 Å². The monoisotopic (exact) mass is 438 g/mol. The quantitative estimate of drug-likeness (QED) is 0.206. The molecule has 0 saturated heterocycles. The summed E-state index contributed by atoms with van der Waals surface area (Å²) in [7, 11) is 0. The molecule has 3 aromatic carbocycles. The highest BCUT2D eigenvalue weighted by Gasteiger charge is 2.24. The number of benzene rings is 3. The third-order valence-corrected chi connectivity index (χ3v) is 4.55. The SMILES string of the molecule is O=C(Oc1c(-c2ccc(O)cc2)oc2cc(O)cc(O)c2c1=O)c1cc(O)c(O)c(O)c1. The van der Waals surface area contributed by atoms with Crippen molar-refractivity contribution in [2.75, 3.05) is 0 Å². The van der Waals surface area contributed by atoms with Crippen LogP contribution in [0.2, 0.25) is 0 Å². The van der Waals surface area contributed by atoms with Crippen molar-refractivity contribution in [3.05, 3.63) is 64.3 Å². The maximum atomic E-state index is 13.1. The molecule has 32 heavy (non-hydrogen) atoms. The Hall–Kier alpha value is -4.86. The second-order valence-corrected chi connectivity index (χ2v) is 6.73. The van der Waals surface area contributed by atoms with E-state index in [1.165, 1.54) is 24.3 Å². The number of esters is 1. The number of aromatic hydroxyl groups is 6. The number of rotatable bonds is 3. The minimum absolute atomic E-state index is 0.0826. The maximum Gasteiger partial charge on any atom is 0.344 e. The van der Waals surface area contributed by atoms with Crippen molar-refractivity contribution >= 4 is 16.9 Å². The third-order valence-electron chi connectivity index (χ3n) is 4.55. The van der Waals surface area contributed by atoms with Crippen LogP contribution < -0.4 is 10.2 Å². The Kier molecular flexibility index (Phi) is 4.74. The Morgan fingerprint density at radius 1 is 0.781 bits per heavy atom. The molecule has 0 aliphatic carbocycles. The first-order chi connectivity index (χ1) is 15.2. The molecule has 0 spiro atoms. The molecule has 0 unspecified atom stereocenters. The molecule has 4 aromatic rings. The van der Waals surface area contributed by atoms with E-state index in [9.17, 15) is 40.2 Å². The second kappa shape index (κ2) is 7.43. The lowest BCUT2D eigenvalue weighted by Gasteiger charge is -2.12. The number of carbonyl (C=O) groups excluding carboxylic acids is 1. The maximum absolute atomic E-state index is 13.1. The van der Waals surface area contributed by atoms with Crippen LogP contribution >= 0.6 is 0 Å². The Morgan fingerprint density at radius 2 is 1.41 bits per heavy atom. The highest BCUT2D eigenvalue weighted by molar-refractivity contribution is 5.95. The first-order valence-electron chi connectivity index (χ1n) is 8.95. The minimum Gasteiger partial charge on any atom is -0.508 e. The van der Waals surface area contributed by atoms with E-state index < -0.39 is 45.7 Å². The highest BCUT2D eigenvalue weighted by atomic mass is 16.5. The van der Waals surface area contributed by atoms with Crippen LogP contribution in [0, 0.1) is 0 Å². The first kappa shape index (κ1) is 20.4. The summed E-state index contributed by atoms with van der Waals surface area (Å²) in [6.07, 6.45) is 0. The number of ether oxygens (including phenoxy) is 1. The Labute approximate surface area is 178 Å². The van der Waals surface area contributed by atoms with Crippen LogP contribution in [0.15, 0.2) is 57.7 Å². The van der Waals surface area contributed by atoms with Crippen LogP contribution in [-0.2, 0) is 0 Å². The Morgan fingerprint density at radius 3 is 2.03 bits per heavy atom. The van der Waals surface area contributed by atoms with Crippen molar-refractivity contribution in [3.63, 3.8) is 0 Å². The first-order valence-corrected chi connectivity index (χ1v) is 8.95. The fourth-order valence-electron chi connectivity index (χ4n) is 3.04. The van der Waals surface area contributed by atoms with E-state index >= 15 is 0 Å². The molecule has 1 heterocycles. The zero-order valence-corrected chi connectivity index (χ0v) is 15.9. The largest absolute Gasteiger partial charge is 0.508 e. The standard InChI is InChI=1S/C22H14O10/c23-11-3-1-9(2-4-11)20-21(19(29)17-13(25)7-12(24)8-16(17)31-20)32-22(30)10-5-14(26)18(28)15(27)6-10/h1-8,23-28H. The third kappa shape index (κ3) is 3.45. The molecule has 0 radical (unpaired) electrons. The number of carbonyl (C=O) groups is 1. The van der Waals surface area contributed by atoms with Gasteiger partial charge in [-0.05, 0) is 36.4 Å². The van der Waals surface area contributed by atoms with E-state index in [-0.39, 0.29) is 33.8 Å². The number of hydrogen-bond acceptors (Lipinski definition) is 10. The lowest BCUT2D eigenvalue weighted by molar-refractivity contribution is 0.0730. The molecule has 0 aliphatic heterocycles.